The van der Waals surface area contributed by atoms with Gasteiger partial charge in [0.2, 0.25) is 0 Å². The highest BCUT2D eigenvalue weighted by molar-refractivity contribution is 6.04. The van der Waals surface area contributed by atoms with Crippen LogP contribution in [-0.2, 0) is 4.74 Å². The van der Waals surface area contributed by atoms with Crippen molar-refractivity contribution in [2.75, 3.05) is 42.7 Å². The fourth-order valence-electron chi connectivity index (χ4n) is 4.43. The van der Waals surface area contributed by atoms with E-state index in [-0.39, 0.29) is 18.0 Å². The molecule has 12 heteroatoms. The number of aromatic nitrogens is 4. The van der Waals surface area contributed by atoms with Gasteiger partial charge in [-0.3, -0.25) is 9.89 Å². The maximum atomic E-state index is 12.8. The highest BCUT2D eigenvalue weighted by Gasteiger charge is 2.30. The molecule has 1 fully saturated rings. The maximum Gasteiger partial charge on any atom is 0.410 e. The summed E-state index contributed by atoms with van der Waals surface area (Å²) in [5, 5.41) is 14.3. The summed E-state index contributed by atoms with van der Waals surface area (Å²) >= 11 is 0. The SMILES string of the molecule is CN(C)c1ccnc(NC(=O)c2ccc(Oc3ccnc4[nH]nc(NC5CCN(C(=O)OC(C)(C)C)C5)c34)cc2)c1. The Morgan fingerprint density at radius 3 is 2.56 bits per heavy atom. The zero-order chi connectivity index (χ0) is 29.1. The number of carbonyl (C=O) groups is 2. The molecule has 1 atom stereocenters. The molecule has 0 aliphatic carbocycles. The summed E-state index contributed by atoms with van der Waals surface area (Å²) < 4.78 is 11.7. The van der Waals surface area contributed by atoms with Crippen LogP contribution in [-0.4, -0.2) is 75.9 Å². The number of hydrogen-bond acceptors (Lipinski definition) is 9. The number of fused-ring (bicyclic) bond motifs is 1. The molecule has 1 aromatic carbocycles. The van der Waals surface area contributed by atoms with Crippen LogP contribution in [0.15, 0.2) is 54.9 Å². The highest BCUT2D eigenvalue weighted by atomic mass is 16.6. The monoisotopic (exact) mass is 558 g/mol. The number of anilines is 3. The number of aromatic amines is 1. The van der Waals surface area contributed by atoms with E-state index in [1.807, 2.05) is 45.8 Å². The quantitative estimate of drug-likeness (QED) is 0.290. The Kier molecular flexibility index (Phi) is 7.64. The minimum Gasteiger partial charge on any atom is -0.456 e. The molecule has 4 heterocycles. The minimum atomic E-state index is -0.546. The Bertz CT molecular complexity index is 1540. The van der Waals surface area contributed by atoms with Crippen molar-refractivity contribution in [3.8, 4) is 11.5 Å². The lowest BCUT2D eigenvalue weighted by atomic mass is 10.2. The van der Waals surface area contributed by atoms with E-state index in [4.69, 9.17) is 9.47 Å². The molecule has 5 rings (SSSR count). The molecule has 1 aliphatic rings. The standard InChI is InChI=1S/C29H34N8O4/c1-29(2,3)41-28(39)37-15-12-19(17-37)32-26-24-22(11-14-31-25(24)34-35-26)40-21-8-6-18(7-9-21)27(38)33-23-16-20(36(4)5)10-13-30-23/h6-11,13-14,16,19H,12,15,17H2,1-5H3,(H,30,33,38)(H2,31,32,34,35). The molecular formula is C29H34N8O4. The molecule has 0 bridgehead atoms. The summed E-state index contributed by atoms with van der Waals surface area (Å²) in [7, 11) is 3.85. The Morgan fingerprint density at radius 2 is 1.83 bits per heavy atom. The van der Waals surface area contributed by atoms with Gasteiger partial charge in [0.25, 0.3) is 5.91 Å². The third kappa shape index (κ3) is 6.65. The normalized spacial score (nSPS) is 15.0. The number of nitrogens with one attached hydrogen (secondary N) is 3. The number of H-pyrrole nitrogens is 1. The highest BCUT2D eigenvalue weighted by Crippen LogP contribution is 2.34. The van der Waals surface area contributed by atoms with E-state index >= 15 is 0 Å². The average molecular weight is 559 g/mol. The van der Waals surface area contributed by atoms with Crippen LogP contribution in [0.4, 0.5) is 22.1 Å². The maximum absolute atomic E-state index is 12.8. The second kappa shape index (κ2) is 11.3. The van der Waals surface area contributed by atoms with Crippen molar-refractivity contribution in [1.82, 2.24) is 25.1 Å². The molecule has 3 aromatic heterocycles. The lowest BCUT2D eigenvalue weighted by molar-refractivity contribution is 0.0293. The number of nitrogens with zero attached hydrogens (tertiary/aromatic N) is 5. The van der Waals surface area contributed by atoms with Gasteiger partial charge in [-0.1, -0.05) is 0 Å². The Morgan fingerprint density at radius 1 is 1.07 bits per heavy atom. The summed E-state index contributed by atoms with van der Waals surface area (Å²) in [5.74, 6) is 1.88. The zero-order valence-corrected chi connectivity index (χ0v) is 23.8. The van der Waals surface area contributed by atoms with Crippen LogP contribution in [0.1, 0.15) is 37.6 Å². The van der Waals surface area contributed by atoms with Crippen LogP contribution in [0.25, 0.3) is 11.0 Å². The van der Waals surface area contributed by atoms with Crippen LogP contribution in [0.5, 0.6) is 11.5 Å². The van der Waals surface area contributed by atoms with E-state index in [1.165, 1.54) is 0 Å². The van der Waals surface area contributed by atoms with Crippen molar-refractivity contribution in [2.24, 2.45) is 0 Å². The van der Waals surface area contributed by atoms with Gasteiger partial charge in [0.1, 0.15) is 28.3 Å². The molecular weight excluding hydrogens is 524 g/mol. The van der Waals surface area contributed by atoms with Gasteiger partial charge in [-0.25, -0.2) is 14.8 Å². The Hall–Kier alpha value is -4.87. The van der Waals surface area contributed by atoms with Gasteiger partial charge in [-0.15, -0.1) is 0 Å². The van der Waals surface area contributed by atoms with Crippen molar-refractivity contribution in [2.45, 2.75) is 38.8 Å². The van der Waals surface area contributed by atoms with Gasteiger partial charge in [0, 0.05) is 69.0 Å². The fraction of sp³-hybridized carbons (Fsp3) is 0.345. The summed E-state index contributed by atoms with van der Waals surface area (Å²) in [6, 6.07) is 12.3. The van der Waals surface area contributed by atoms with Gasteiger partial charge in [0.15, 0.2) is 11.5 Å². The van der Waals surface area contributed by atoms with E-state index in [2.05, 4.69) is 30.8 Å². The summed E-state index contributed by atoms with van der Waals surface area (Å²) in [6.45, 7) is 6.65. The molecule has 0 radical (unpaired) electrons. The Labute approximate surface area is 238 Å². The second-order valence-corrected chi connectivity index (χ2v) is 11.0. The molecule has 2 amide bonds. The van der Waals surface area contributed by atoms with Gasteiger partial charge in [-0.05, 0) is 57.5 Å². The van der Waals surface area contributed by atoms with Crippen LogP contribution in [0, 0.1) is 0 Å². The van der Waals surface area contributed by atoms with Crippen molar-refractivity contribution >= 4 is 40.4 Å². The van der Waals surface area contributed by atoms with E-state index < -0.39 is 5.60 Å². The second-order valence-electron chi connectivity index (χ2n) is 11.0. The first-order valence-corrected chi connectivity index (χ1v) is 13.4. The minimum absolute atomic E-state index is 0.00669. The number of likely N-dealkylation sites (tertiary alicyclic amines) is 1. The third-order valence-corrected chi connectivity index (χ3v) is 6.45. The van der Waals surface area contributed by atoms with Crippen LogP contribution in [0.2, 0.25) is 0 Å². The smallest absolute Gasteiger partial charge is 0.410 e. The summed E-state index contributed by atoms with van der Waals surface area (Å²) in [4.78, 5) is 37.5. The molecule has 41 heavy (non-hydrogen) atoms. The molecule has 1 aliphatic heterocycles. The topological polar surface area (TPSA) is 138 Å². The van der Waals surface area contributed by atoms with Gasteiger partial charge in [-0.2, -0.15) is 5.10 Å². The van der Waals surface area contributed by atoms with Gasteiger partial charge < -0.3 is 29.9 Å². The predicted molar refractivity (Wildman–Crippen MR) is 157 cm³/mol. The number of rotatable bonds is 7. The van der Waals surface area contributed by atoms with E-state index in [0.717, 1.165) is 12.1 Å². The van der Waals surface area contributed by atoms with Crippen LogP contribution >= 0.6 is 0 Å². The van der Waals surface area contributed by atoms with Crippen molar-refractivity contribution in [1.29, 1.82) is 0 Å². The molecule has 214 valence electrons. The van der Waals surface area contributed by atoms with Crippen molar-refractivity contribution < 1.29 is 19.1 Å². The molecule has 0 saturated carbocycles. The van der Waals surface area contributed by atoms with Crippen molar-refractivity contribution in [3.05, 3.63) is 60.4 Å². The van der Waals surface area contributed by atoms with E-state index in [0.29, 0.717) is 52.8 Å². The fourth-order valence-corrected chi connectivity index (χ4v) is 4.43. The lowest BCUT2D eigenvalue weighted by Crippen LogP contribution is -2.36. The molecule has 0 spiro atoms. The molecule has 12 nitrogen and oxygen atoms in total. The van der Waals surface area contributed by atoms with Gasteiger partial charge in [0.05, 0.1) is 0 Å². The van der Waals surface area contributed by atoms with Crippen LogP contribution in [0.3, 0.4) is 0 Å². The number of carbonyl (C=O) groups excluding carboxylic acids is 2. The largest absolute Gasteiger partial charge is 0.456 e. The molecule has 1 saturated heterocycles. The van der Waals surface area contributed by atoms with Crippen LogP contribution < -0.4 is 20.3 Å². The Balaban J connectivity index is 1.26. The number of ether oxygens (including phenoxy) is 2. The lowest BCUT2D eigenvalue weighted by Gasteiger charge is -2.24. The number of amides is 2. The first kappa shape index (κ1) is 27.7. The number of hydrogen-bond donors (Lipinski definition) is 3. The number of pyridine rings is 2. The molecule has 3 N–H and O–H groups in total. The van der Waals surface area contributed by atoms with Gasteiger partial charge >= 0.3 is 6.09 Å². The van der Waals surface area contributed by atoms with E-state index in [1.54, 1.807) is 53.7 Å². The molecule has 1 unspecified atom stereocenters. The van der Waals surface area contributed by atoms with E-state index in [9.17, 15) is 9.59 Å². The predicted octanol–water partition coefficient (Wildman–Crippen LogP) is 4.88. The first-order chi connectivity index (χ1) is 19.6. The first-order valence-electron chi connectivity index (χ1n) is 13.4. The average Bonchev–Trinajstić information content (AvgIpc) is 3.56. The number of benzene rings is 1. The summed E-state index contributed by atoms with van der Waals surface area (Å²) in [6.07, 6.45) is 3.72. The third-order valence-electron chi connectivity index (χ3n) is 6.45. The molecule has 4 aromatic rings. The summed E-state index contributed by atoms with van der Waals surface area (Å²) in [5.41, 5.74) is 1.42. The zero-order valence-electron chi connectivity index (χ0n) is 23.8. The van der Waals surface area contributed by atoms with Crippen molar-refractivity contribution in [3.63, 3.8) is 0 Å².